The van der Waals surface area contributed by atoms with Crippen LogP contribution in [0.2, 0.25) is 5.02 Å². The fourth-order valence-electron chi connectivity index (χ4n) is 2.39. The second-order valence-electron chi connectivity index (χ2n) is 5.93. The lowest BCUT2D eigenvalue weighted by Crippen LogP contribution is -2.30. The maximum Gasteiger partial charge on any atom is 0.331 e. The third-order valence-electron chi connectivity index (χ3n) is 3.88. The molecular weight excluding hydrogens is 382 g/mol. The average molecular weight is 404 g/mol. The van der Waals surface area contributed by atoms with Crippen molar-refractivity contribution in [2.24, 2.45) is 0 Å². The quantitative estimate of drug-likeness (QED) is 0.536. The van der Waals surface area contributed by atoms with Crippen molar-refractivity contribution in [2.75, 3.05) is 20.8 Å². The molecule has 0 aliphatic rings. The molecule has 0 aliphatic carbocycles. The minimum Gasteiger partial charge on any atom is -0.497 e. The zero-order valence-corrected chi connectivity index (χ0v) is 16.7. The molecule has 0 saturated heterocycles. The molecule has 2 aromatic carbocycles. The highest BCUT2D eigenvalue weighted by atomic mass is 35.5. The summed E-state index contributed by atoms with van der Waals surface area (Å²) in [6.07, 6.45) is 2.80. The van der Waals surface area contributed by atoms with E-state index in [0.29, 0.717) is 22.1 Å². The largest absolute Gasteiger partial charge is 0.497 e. The first-order chi connectivity index (χ1) is 13.4. The smallest absolute Gasteiger partial charge is 0.331 e. The van der Waals surface area contributed by atoms with Gasteiger partial charge in [-0.05, 0) is 48.4 Å². The Balaban J connectivity index is 1.85. The lowest BCUT2D eigenvalue weighted by atomic mass is 10.1. The van der Waals surface area contributed by atoms with Crippen LogP contribution in [0.1, 0.15) is 24.1 Å². The van der Waals surface area contributed by atoms with Crippen LogP contribution in [0, 0.1) is 0 Å². The summed E-state index contributed by atoms with van der Waals surface area (Å²) >= 11 is 5.85. The number of carbonyl (C=O) groups excluding carboxylic acids is 2. The maximum absolute atomic E-state index is 12.0. The van der Waals surface area contributed by atoms with E-state index < -0.39 is 11.9 Å². The van der Waals surface area contributed by atoms with E-state index in [1.54, 1.807) is 50.6 Å². The Hall–Kier alpha value is -2.99. The number of hydrogen-bond donors (Lipinski definition) is 1. The van der Waals surface area contributed by atoms with Gasteiger partial charge in [-0.3, -0.25) is 4.79 Å². The van der Waals surface area contributed by atoms with E-state index in [1.165, 1.54) is 6.08 Å². The number of benzene rings is 2. The lowest BCUT2D eigenvalue weighted by Gasteiger charge is -2.14. The van der Waals surface area contributed by atoms with Crippen molar-refractivity contribution < 1.29 is 23.8 Å². The van der Waals surface area contributed by atoms with Crippen LogP contribution in [0.25, 0.3) is 6.08 Å². The molecule has 0 aliphatic heterocycles. The van der Waals surface area contributed by atoms with Gasteiger partial charge in [-0.1, -0.05) is 23.7 Å². The SMILES string of the molecule is COc1cc(/C=C/C(=O)OCC(=O)N[C@H](C)c2ccc(Cl)cc2)cc(OC)c1. The molecule has 0 aromatic heterocycles. The van der Waals surface area contributed by atoms with E-state index in [1.807, 2.05) is 19.1 Å². The van der Waals surface area contributed by atoms with Gasteiger partial charge in [0.25, 0.3) is 5.91 Å². The Morgan fingerprint density at radius 2 is 1.68 bits per heavy atom. The van der Waals surface area contributed by atoms with Gasteiger partial charge in [0.1, 0.15) is 11.5 Å². The fraction of sp³-hybridized carbons (Fsp3) is 0.238. The third-order valence-corrected chi connectivity index (χ3v) is 4.13. The molecule has 1 N–H and O–H groups in total. The van der Waals surface area contributed by atoms with E-state index in [0.717, 1.165) is 5.56 Å². The number of esters is 1. The monoisotopic (exact) mass is 403 g/mol. The summed E-state index contributed by atoms with van der Waals surface area (Å²) in [6.45, 7) is 1.46. The molecule has 1 amide bonds. The molecule has 28 heavy (non-hydrogen) atoms. The number of rotatable bonds is 8. The highest BCUT2D eigenvalue weighted by molar-refractivity contribution is 6.30. The first kappa shape index (κ1) is 21.3. The van der Waals surface area contributed by atoms with Gasteiger partial charge in [0, 0.05) is 17.2 Å². The van der Waals surface area contributed by atoms with E-state index >= 15 is 0 Å². The molecule has 7 heteroatoms. The molecule has 0 fully saturated rings. The van der Waals surface area contributed by atoms with Crippen LogP contribution in [-0.4, -0.2) is 32.7 Å². The molecule has 148 valence electrons. The van der Waals surface area contributed by atoms with Crippen LogP contribution in [0.3, 0.4) is 0 Å². The first-order valence-corrected chi connectivity index (χ1v) is 8.92. The summed E-state index contributed by atoms with van der Waals surface area (Å²) in [5.74, 6) is 0.175. The average Bonchev–Trinajstić information content (AvgIpc) is 2.70. The number of halogens is 1. The van der Waals surface area contributed by atoms with Crippen molar-refractivity contribution in [1.29, 1.82) is 0 Å². The summed E-state index contributed by atoms with van der Waals surface area (Å²) in [7, 11) is 3.08. The van der Waals surface area contributed by atoms with Crippen molar-refractivity contribution in [3.63, 3.8) is 0 Å². The Morgan fingerprint density at radius 3 is 2.25 bits per heavy atom. The molecule has 6 nitrogen and oxygen atoms in total. The second kappa shape index (κ2) is 10.4. The topological polar surface area (TPSA) is 73.9 Å². The van der Waals surface area contributed by atoms with Gasteiger partial charge < -0.3 is 19.5 Å². The number of nitrogens with one attached hydrogen (secondary N) is 1. The van der Waals surface area contributed by atoms with Crippen molar-refractivity contribution in [3.8, 4) is 11.5 Å². The number of amides is 1. The number of hydrogen-bond acceptors (Lipinski definition) is 5. The highest BCUT2D eigenvalue weighted by Crippen LogP contribution is 2.23. The van der Waals surface area contributed by atoms with Crippen molar-refractivity contribution in [1.82, 2.24) is 5.32 Å². The molecule has 0 bridgehead atoms. The number of carbonyl (C=O) groups is 2. The maximum atomic E-state index is 12.0. The van der Waals surface area contributed by atoms with Crippen LogP contribution in [0.15, 0.2) is 48.5 Å². The van der Waals surface area contributed by atoms with Crippen molar-refractivity contribution in [2.45, 2.75) is 13.0 Å². The Bertz CT molecular complexity index is 826. The molecular formula is C21H22ClNO5. The second-order valence-corrected chi connectivity index (χ2v) is 6.36. The van der Waals surface area contributed by atoms with Gasteiger partial charge in [-0.2, -0.15) is 0 Å². The lowest BCUT2D eigenvalue weighted by molar-refractivity contribution is -0.144. The Morgan fingerprint density at radius 1 is 1.07 bits per heavy atom. The van der Waals surface area contributed by atoms with Gasteiger partial charge in [0.2, 0.25) is 0 Å². The van der Waals surface area contributed by atoms with E-state index in [2.05, 4.69) is 5.32 Å². The predicted molar refractivity (Wildman–Crippen MR) is 108 cm³/mol. The minimum atomic E-state index is -0.629. The van der Waals surface area contributed by atoms with Crippen LogP contribution >= 0.6 is 11.6 Å². The minimum absolute atomic E-state index is 0.233. The zero-order chi connectivity index (χ0) is 20.5. The summed E-state index contributed by atoms with van der Waals surface area (Å²) in [5.41, 5.74) is 1.60. The summed E-state index contributed by atoms with van der Waals surface area (Å²) in [6, 6.07) is 12.1. The van der Waals surface area contributed by atoms with Gasteiger partial charge in [-0.25, -0.2) is 4.79 Å². The van der Waals surface area contributed by atoms with E-state index in [9.17, 15) is 9.59 Å². The summed E-state index contributed by atoms with van der Waals surface area (Å²) in [4.78, 5) is 23.8. The number of ether oxygens (including phenoxy) is 3. The molecule has 0 unspecified atom stereocenters. The van der Waals surface area contributed by atoms with Gasteiger partial charge >= 0.3 is 5.97 Å². The zero-order valence-electron chi connectivity index (χ0n) is 15.9. The standard InChI is InChI=1S/C21H22ClNO5/c1-14(16-5-7-17(22)8-6-16)23-20(24)13-28-21(25)9-4-15-10-18(26-2)12-19(11-15)27-3/h4-12,14H,13H2,1-3H3,(H,23,24)/b9-4+/t14-/m1/s1. The van der Waals surface area contributed by atoms with Crippen molar-refractivity contribution >= 4 is 29.6 Å². The van der Waals surface area contributed by atoms with E-state index in [-0.39, 0.29) is 12.6 Å². The van der Waals surface area contributed by atoms with Gasteiger partial charge in [0.05, 0.1) is 20.3 Å². The van der Waals surface area contributed by atoms with Gasteiger partial charge in [0.15, 0.2) is 6.61 Å². The molecule has 0 heterocycles. The Labute approximate surface area is 169 Å². The van der Waals surface area contributed by atoms with Crippen molar-refractivity contribution in [3.05, 3.63) is 64.7 Å². The Kier molecular flexibility index (Phi) is 7.89. The molecule has 2 aromatic rings. The predicted octanol–water partition coefficient (Wildman–Crippen LogP) is 3.79. The highest BCUT2D eigenvalue weighted by Gasteiger charge is 2.11. The van der Waals surface area contributed by atoms with Crippen LogP contribution in [-0.2, 0) is 14.3 Å². The van der Waals surface area contributed by atoms with Crippen LogP contribution < -0.4 is 14.8 Å². The molecule has 0 spiro atoms. The third kappa shape index (κ3) is 6.63. The molecule has 2 rings (SSSR count). The number of methoxy groups -OCH3 is 2. The molecule has 0 saturated carbocycles. The molecule has 1 atom stereocenters. The summed E-state index contributed by atoms with van der Waals surface area (Å²) in [5, 5.41) is 3.38. The first-order valence-electron chi connectivity index (χ1n) is 8.54. The van der Waals surface area contributed by atoms with Gasteiger partial charge in [-0.15, -0.1) is 0 Å². The summed E-state index contributed by atoms with van der Waals surface area (Å²) < 4.78 is 15.3. The van der Waals surface area contributed by atoms with Crippen LogP contribution in [0.5, 0.6) is 11.5 Å². The normalized spacial score (nSPS) is 11.7. The molecule has 0 radical (unpaired) electrons. The van der Waals surface area contributed by atoms with E-state index in [4.69, 9.17) is 25.8 Å². The fourth-order valence-corrected chi connectivity index (χ4v) is 2.52. The van der Waals surface area contributed by atoms with Crippen LogP contribution in [0.4, 0.5) is 0 Å².